The number of furan rings is 1. The maximum atomic E-state index is 6.89. The highest BCUT2D eigenvalue weighted by atomic mass is 32.1. The van der Waals surface area contributed by atoms with Crippen molar-refractivity contribution >= 4 is 75.0 Å². The summed E-state index contributed by atoms with van der Waals surface area (Å²) in [5, 5.41) is 9.84. The molecule has 2 aromatic heterocycles. The zero-order chi connectivity index (χ0) is 30.2. The van der Waals surface area contributed by atoms with Gasteiger partial charge in [0.25, 0.3) is 0 Å². The molecule has 0 N–H and O–H groups in total. The summed E-state index contributed by atoms with van der Waals surface area (Å²) in [4.78, 5) is 0. The van der Waals surface area contributed by atoms with Gasteiger partial charge in [0.1, 0.15) is 11.2 Å². The second-order valence-electron chi connectivity index (χ2n) is 12.0. The summed E-state index contributed by atoms with van der Waals surface area (Å²) >= 11 is 1.86. The Kier molecular flexibility index (Phi) is 5.51. The van der Waals surface area contributed by atoms with Crippen molar-refractivity contribution in [2.75, 3.05) is 0 Å². The van der Waals surface area contributed by atoms with Gasteiger partial charge in [-0.2, -0.15) is 0 Å². The molecule has 0 saturated heterocycles. The van der Waals surface area contributed by atoms with Gasteiger partial charge in [-0.05, 0) is 62.0 Å². The number of hydrogen-bond acceptors (Lipinski definition) is 2. The second kappa shape index (κ2) is 9.90. The molecule has 0 atom stereocenters. The first-order valence-corrected chi connectivity index (χ1v) is 16.5. The van der Waals surface area contributed by atoms with Gasteiger partial charge in [0, 0.05) is 42.1 Å². The Hall–Kier alpha value is -5.70. The third-order valence-corrected chi connectivity index (χ3v) is 10.6. The number of rotatable bonds is 3. The average molecular weight is 603 g/mol. The molecule has 1 nitrogen and oxygen atoms in total. The highest BCUT2D eigenvalue weighted by Crippen LogP contribution is 2.50. The van der Waals surface area contributed by atoms with Gasteiger partial charge in [-0.25, -0.2) is 0 Å². The molecule has 46 heavy (non-hydrogen) atoms. The third kappa shape index (κ3) is 3.68. The number of thiophene rings is 1. The molecule has 0 saturated carbocycles. The van der Waals surface area contributed by atoms with Crippen molar-refractivity contribution < 1.29 is 4.42 Å². The maximum Gasteiger partial charge on any atom is 0.144 e. The first-order chi connectivity index (χ1) is 22.8. The van der Waals surface area contributed by atoms with Gasteiger partial charge in [-0.1, -0.05) is 140 Å². The van der Waals surface area contributed by atoms with Crippen molar-refractivity contribution in [3.63, 3.8) is 0 Å². The van der Waals surface area contributed by atoms with Gasteiger partial charge in [-0.15, -0.1) is 11.3 Å². The van der Waals surface area contributed by atoms with E-state index in [0.717, 1.165) is 22.1 Å². The van der Waals surface area contributed by atoms with Crippen LogP contribution in [-0.2, 0) is 0 Å². The minimum atomic E-state index is 0.907. The van der Waals surface area contributed by atoms with Crippen LogP contribution in [0.15, 0.2) is 162 Å². The van der Waals surface area contributed by atoms with E-state index in [2.05, 4.69) is 158 Å². The molecule has 0 spiro atoms. The molecule has 214 valence electrons. The normalized spacial score (nSPS) is 11.9. The van der Waals surface area contributed by atoms with Gasteiger partial charge in [-0.3, -0.25) is 0 Å². The summed E-state index contributed by atoms with van der Waals surface area (Å²) in [6.45, 7) is 0. The van der Waals surface area contributed by atoms with Gasteiger partial charge >= 0.3 is 0 Å². The molecule has 0 aliphatic rings. The molecular formula is C44H26OS. The van der Waals surface area contributed by atoms with Gasteiger partial charge in [0.15, 0.2) is 0 Å². The van der Waals surface area contributed by atoms with Gasteiger partial charge in [0.2, 0.25) is 0 Å². The smallest absolute Gasteiger partial charge is 0.144 e. The first-order valence-electron chi connectivity index (χ1n) is 15.7. The van der Waals surface area contributed by atoms with Crippen LogP contribution in [0.1, 0.15) is 0 Å². The molecule has 0 aliphatic heterocycles. The topological polar surface area (TPSA) is 13.1 Å². The predicted molar refractivity (Wildman–Crippen MR) is 198 cm³/mol. The standard InChI is InChI=1S/C44H26OS/c1-2-13-30-27(11-1)12-9-18-31(30)28-23-25-29(26-24-28)40-32-14-3-4-15-33(32)42(44-43(40)34-16-5-7-20-37(34)45-44)36-19-10-22-39-41(36)35-17-6-8-21-38(35)46-39/h1-26H. The van der Waals surface area contributed by atoms with Crippen LogP contribution >= 0.6 is 11.3 Å². The van der Waals surface area contributed by atoms with Crippen molar-refractivity contribution in [3.05, 3.63) is 158 Å². The highest BCUT2D eigenvalue weighted by Gasteiger charge is 2.24. The van der Waals surface area contributed by atoms with E-state index in [1.54, 1.807) is 0 Å². The monoisotopic (exact) mass is 602 g/mol. The van der Waals surface area contributed by atoms with E-state index in [4.69, 9.17) is 4.42 Å². The predicted octanol–water partition coefficient (Wildman–Crippen LogP) is 13.3. The fourth-order valence-electron chi connectivity index (χ4n) is 7.49. The molecule has 0 fully saturated rings. The lowest BCUT2D eigenvalue weighted by molar-refractivity contribution is 0.670. The van der Waals surface area contributed by atoms with E-state index >= 15 is 0 Å². The first kappa shape index (κ1) is 25.6. The summed E-state index contributed by atoms with van der Waals surface area (Å²) in [6.07, 6.45) is 0. The quantitative estimate of drug-likeness (QED) is 0.196. The SMILES string of the molecule is c1ccc2c(-c3ccc(-c4c5ccccc5c(-c5cccc6sc7ccccc7c56)c5oc6ccccc6c45)cc3)cccc2c1. The van der Waals surface area contributed by atoms with Gasteiger partial charge in [0.05, 0.1) is 0 Å². The van der Waals surface area contributed by atoms with Crippen molar-refractivity contribution in [3.8, 4) is 33.4 Å². The van der Waals surface area contributed by atoms with Gasteiger partial charge < -0.3 is 4.42 Å². The number of benzene rings is 8. The fraction of sp³-hybridized carbons (Fsp3) is 0. The number of hydrogen-bond donors (Lipinski definition) is 0. The molecule has 2 heteroatoms. The van der Waals surface area contributed by atoms with E-state index in [1.807, 2.05) is 11.3 Å². The van der Waals surface area contributed by atoms with Crippen LogP contribution in [0.25, 0.3) is 97.0 Å². The third-order valence-electron chi connectivity index (χ3n) is 9.48. The summed E-state index contributed by atoms with van der Waals surface area (Å²) < 4.78 is 9.49. The zero-order valence-electron chi connectivity index (χ0n) is 24.8. The Morgan fingerprint density at radius 2 is 0.957 bits per heavy atom. The minimum Gasteiger partial charge on any atom is -0.455 e. The minimum absolute atomic E-state index is 0.907. The Morgan fingerprint density at radius 3 is 1.80 bits per heavy atom. The van der Waals surface area contributed by atoms with Crippen LogP contribution in [0.2, 0.25) is 0 Å². The van der Waals surface area contributed by atoms with Crippen LogP contribution in [0.5, 0.6) is 0 Å². The Bertz CT molecular complexity index is 2790. The lowest BCUT2D eigenvalue weighted by Gasteiger charge is -2.16. The van der Waals surface area contributed by atoms with Crippen molar-refractivity contribution in [1.29, 1.82) is 0 Å². The molecule has 2 heterocycles. The number of fused-ring (bicyclic) bond motifs is 8. The maximum absolute atomic E-state index is 6.89. The summed E-state index contributed by atoms with van der Waals surface area (Å²) in [6, 6.07) is 57.1. The Morgan fingerprint density at radius 1 is 0.370 bits per heavy atom. The van der Waals surface area contributed by atoms with Crippen molar-refractivity contribution in [2.24, 2.45) is 0 Å². The highest BCUT2D eigenvalue weighted by molar-refractivity contribution is 7.25. The Labute approximate surface area is 269 Å². The summed E-state index contributed by atoms with van der Waals surface area (Å²) in [5.74, 6) is 0. The second-order valence-corrected chi connectivity index (χ2v) is 13.1. The molecule has 0 amide bonds. The van der Waals surface area contributed by atoms with Crippen LogP contribution in [0.3, 0.4) is 0 Å². The zero-order valence-corrected chi connectivity index (χ0v) is 25.6. The Balaban J connectivity index is 1.30. The lowest BCUT2D eigenvalue weighted by Crippen LogP contribution is -1.90. The molecule has 8 aromatic carbocycles. The largest absolute Gasteiger partial charge is 0.455 e. The molecule has 10 rings (SSSR count). The lowest BCUT2D eigenvalue weighted by atomic mass is 9.86. The summed E-state index contributed by atoms with van der Waals surface area (Å²) in [7, 11) is 0. The van der Waals surface area contributed by atoms with E-state index in [-0.39, 0.29) is 0 Å². The average Bonchev–Trinajstić information content (AvgIpc) is 3.69. The van der Waals surface area contributed by atoms with E-state index in [0.29, 0.717) is 0 Å². The van der Waals surface area contributed by atoms with Crippen LogP contribution in [0, 0.1) is 0 Å². The molecule has 0 unspecified atom stereocenters. The molecule has 0 aliphatic carbocycles. The molecule has 10 aromatic rings. The van der Waals surface area contributed by atoms with Crippen LogP contribution < -0.4 is 0 Å². The van der Waals surface area contributed by atoms with E-state index in [1.165, 1.54) is 74.9 Å². The van der Waals surface area contributed by atoms with E-state index in [9.17, 15) is 0 Å². The van der Waals surface area contributed by atoms with Crippen molar-refractivity contribution in [1.82, 2.24) is 0 Å². The van der Waals surface area contributed by atoms with Crippen molar-refractivity contribution in [2.45, 2.75) is 0 Å². The van der Waals surface area contributed by atoms with Crippen LogP contribution in [-0.4, -0.2) is 0 Å². The van der Waals surface area contributed by atoms with E-state index < -0.39 is 0 Å². The summed E-state index contributed by atoms with van der Waals surface area (Å²) in [5.41, 5.74) is 9.08. The fourth-order valence-corrected chi connectivity index (χ4v) is 8.62. The molecule has 0 bridgehead atoms. The molecular weight excluding hydrogens is 577 g/mol. The molecule has 0 radical (unpaired) electrons. The number of para-hydroxylation sites is 1. The van der Waals surface area contributed by atoms with Crippen LogP contribution in [0.4, 0.5) is 0 Å².